The van der Waals surface area contributed by atoms with Gasteiger partial charge in [-0.15, -0.1) is 0 Å². The molecular formula is C12H9Br2NO. The number of hydrogen-bond acceptors (Lipinski definition) is 2. The first-order chi connectivity index (χ1) is 7.66. The van der Waals surface area contributed by atoms with Crippen LogP contribution in [0.1, 0.15) is 0 Å². The molecule has 0 saturated carbocycles. The molecule has 0 spiro atoms. The van der Waals surface area contributed by atoms with Crippen molar-refractivity contribution in [1.82, 2.24) is 0 Å². The third-order valence-electron chi connectivity index (χ3n) is 2.03. The topological polar surface area (TPSA) is 35.2 Å². The monoisotopic (exact) mass is 341 g/mol. The number of nitrogen functional groups attached to an aromatic ring is 1. The van der Waals surface area contributed by atoms with Crippen molar-refractivity contribution in [3.05, 3.63) is 51.4 Å². The molecule has 0 unspecified atom stereocenters. The molecule has 0 aliphatic carbocycles. The standard InChI is InChI=1S/C12H9Br2NO/c13-8-5-6-11(9(14)7-8)16-12-4-2-1-3-10(12)15/h1-7H,15H2. The molecule has 2 N–H and O–H groups in total. The van der Waals surface area contributed by atoms with E-state index in [1.807, 2.05) is 42.5 Å². The highest BCUT2D eigenvalue weighted by Gasteiger charge is 2.05. The van der Waals surface area contributed by atoms with Gasteiger partial charge in [-0.2, -0.15) is 0 Å². The van der Waals surface area contributed by atoms with Crippen molar-refractivity contribution < 1.29 is 4.74 Å². The zero-order valence-electron chi connectivity index (χ0n) is 8.28. The van der Waals surface area contributed by atoms with Crippen LogP contribution in [-0.4, -0.2) is 0 Å². The Morgan fingerprint density at radius 2 is 1.69 bits per heavy atom. The average molecular weight is 343 g/mol. The molecule has 2 aromatic rings. The molecule has 16 heavy (non-hydrogen) atoms. The number of anilines is 1. The highest BCUT2D eigenvalue weighted by atomic mass is 79.9. The molecule has 2 nitrogen and oxygen atoms in total. The van der Waals surface area contributed by atoms with Crippen LogP contribution < -0.4 is 10.5 Å². The van der Waals surface area contributed by atoms with Gasteiger partial charge in [0.25, 0.3) is 0 Å². The largest absolute Gasteiger partial charge is 0.454 e. The van der Waals surface area contributed by atoms with Gasteiger partial charge >= 0.3 is 0 Å². The zero-order valence-corrected chi connectivity index (χ0v) is 11.5. The van der Waals surface area contributed by atoms with Crippen LogP contribution in [0.15, 0.2) is 51.4 Å². The van der Waals surface area contributed by atoms with Gasteiger partial charge in [0.2, 0.25) is 0 Å². The molecule has 0 bridgehead atoms. The Balaban J connectivity index is 2.31. The van der Waals surface area contributed by atoms with Crippen LogP contribution in [0, 0.1) is 0 Å². The Bertz CT molecular complexity index is 514. The summed E-state index contributed by atoms with van der Waals surface area (Å²) in [6, 6.07) is 13.1. The van der Waals surface area contributed by atoms with E-state index in [9.17, 15) is 0 Å². The third kappa shape index (κ3) is 2.57. The minimum Gasteiger partial charge on any atom is -0.454 e. The van der Waals surface area contributed by atoms with Crippen LogP contribution in [-0.2, 0) is 0 Å². The molecule has 82 valence electrons. The van der Waals surface area contributed by atoms with E-state index in [1.54, 1.807) is 0 Å². The van der Waals surface area contributed by atoms with Gasteiger partial charge in [-0.05, 0) is 46.3 Å². The first-order valence-corrected chi connectivity index (χ1v) is 6.23. The summed E-state index contributed by atoms with van der Waals surface area (Å²) in [7, 11) is 0. The molecule has 0 saturated heterocycles. The second-order valence-corrected chi connectivity index (χ2v) is 4.98. The predicted molar refractivity (Wildman–Crippen MR) is 72.8 cm³/mol. The van der Waals surface area contributed by atoms with Crippen LogP contribution >= 0.6 is 31.9 Å². The van der Waals surface area contributed by atoms with Gasteiger partial charge in [-0.1, -0.05) is 28.1 Å². The first-order valence-electron chi connectivity index (χ1n) is 4.64. The van der Waals surface area contributed by atoms with E-state index in [1.165, 1.54) is 0 Å². The third-order valence-corrected chi connectivity index (χ3v) is 3.15. The lowest BCUT2D eigenvalue weighted by Crippen LogP contribution is -1.91. The number of hydrogen-bond donors (Lipinski definition) is 1. The van der Waals surface area contributed by atoms with E-state index in [0.717, 1.165) is 14.7 Å². The lowest BCUT2D eigenvalue weighted by Gasteiger charge is -2.09. The molecule has 0 atom stereocenters. The Labute approximate surface area is 111 Å². The Morgan fingerprint density at radius 1 is 0.938 bits per heavy atom. The molecule has 0 aromatic heterocycles. The van der Waals surface area contributed by atoms with Crippen molar-refractivity contribution in [3.63, 3.8) is 0 Å². The van der Waals surface area contributed by atoms with Crippen LogP contribution in [0.5, 0.6) is 11.5 Å². The average Bonchev–Trinajstić information content (AvgIpc) is 2.25. The normalized spacial score (nSPS) is 10.1. The molecule has 0 aliphatic heterocycles. The van der Waals surface area contributed by atoms with Crippen LogP contribution in [0.25, 0.3) is 0 Å². The summed E-state index contributed by atoms with van der Waals surface area (Å²) in [5.74, 6) is 1.40. The number of rotatable bonds is 2. The minimum absolute atomic E-state index is 0.623. The van der Waals surface area contributed by atoms with Gasteiger partial charge < -0.3 is 10.5 Å². The molecule has 0 heterocycles. The molecule has 2 aromatic carbocycles. The van der Waals surface area contributed by atoms with Crippen molar-refractivity contribution in [3.8, 4) is 11.5 Å². The van der Waals surface area contributed by atoms with E-state index in [-0.39, 0.29) is 0 Å². The summed E-state index contributed by atoms with van der Waals surface area (Å²) in [6.45, 7) is 0. The molecule has 4 heteroatoms. The van der Waals surface area contributed by atoms with Crippen LogP contribution in [0.3, 0.4) is 0 Å². The molecule has 0 fully saturated rings. The fourth-order valence-electron chi connectivity index (χ4n) is 1.25. The Hall–Kier alpha value is -1.000. The van der Waals surface area contributed by atoms with Crippen molar-refractivity contribution in [1.29, 1.82) is 0 Å². The number of benzene rings is 2. The van der Waals surface area contributed by atoms with Gasteiger partial charge in [0.1, 0.15) is 11.5 Å². The summed E-state index contributed by atoms with van der Waals surface area (Å²) >= 11 is 6.82. The van der Waals surface area contributed by atoms with E-state index in [0.29, 0.717) is 11.4 Å². The molecule has 0 amide bonds. The fourth-order valence-corrected chi connectivity index (χ4v) is 2.38. The maximum Gasteiger partial charge on any atom is 0.150 e. The van der Waals surface area contributed by atoms with Crippen molar-refractivity contribution in [2.75, 3.05) is 5.73 Å². The smallest absolute Gasteiger partial charge is 0.150 e. The number of para-hydroxylation sites is 2. The predicted octanol–water partition coefficient (Wildman–Crippen LogP) is 4.59. The van der Waals surface area contributed by atoms with Gasteiger partial charge in [-0.25, -0.2) is 0 Å². The van der Waals surface area contributed by atoms with Crippen molar-refractivity contribution >= 4 is 37.5 Å². The number of nitrogens with two attached hydrogens (primary N) is 1. The van der Waals surface area contributed by atoms with E-state index < -0.39 is 0 Å². The van der Waals surface area contributed by atoms with Gasteiger partial charge in [-0.3, -0.25) is 0 Å². The molecule has 0 radical (unpaired) electrons. The first kappa shape index (κ1) is 11.5. The van der Waals surface area contributed by atoms with E-state index in [2.05, 4.69) is 31.9 Å². The highest BCUT2D eigenvalue weighted by Crippen LogP contribution is 2.33. The summed E-state index contributed by atoms with van der Waals surface area (Å²) in [5.41, 5.74) is 6.42. The van der Waals surface area contributed by atoms with Gasteiger partial charge in [0.15, 0.2) is 0 Å². The van der Waals surface area contributed by atoms with Crippen molar-refractivity contribution in [2.45, 2.75) is 0 Å². The Morgan fingerprint density at radius 3 is 2.38 bits per heavy atom. The molecule has 2 rings (SSSR count). The number of halogens is 2. The molecular weight excluding hydrogens is 334 g/mol. The summed E-state index contributed by atoms with van der Waals surface area (Å²) in [6.07, 6.45) is 0. The highest BCUT2D eigenvalue weighted by molar-refractivity contribution is 9.11. The second kappa shape index (κ2) is 4.89. The maximum absolute atomic E-state index is 5.80. The summed E-state index contributed by atoms with van der Waals surface area (Å²) in [5, 5.41) is 0. The maximum atomic E-state index is 5.80. The Kier molecular flexibility index (Phi) is 3.51. The van der Waals surface area contributed by atoms with Crippen LogP contribution in [0.4, 0.5) is 5.69 Å². The van der Waals surface area contributed by atoms with Gasteiger partial charge in [0.05, 0.1) is 10.2 Å². The minimum atomic E-state index is 0.623. The SMILES string of the molecule is Nc1ccccc1Oc1ccc(Br)cc1Br. The van der Waals surface area contributed by atoms with E-state index >= 15 is 0 Å². The van der Waals surface area contributed by atoms with Crippen LogP contribution in [0.2, 0.25) is 0 Å². The van der Waals surface area contributed by atoms with E-state index in [4.69, 9.17) is 10.5 Å². The lowest BCUT2D eigenvalue weighted by atomic mass is 10.3. The number of ether oxygens (including phenoxy) is 1. The fraction of sp³-hybridized carbons (Fsp3) is 0. The lowest BCUT2D eigenvalue weighted by molar-refractivity contribution is 0.482. The summed E-state index contributed by atoms with van der Waals surface area (Å²) in [4.78, 5) is 0. The zero-order chi connectivity index (χ0) is 11.5. The quantitative estimate of drug-likeness (QED) is 0.810. The summed E-state index contributed by atoms with van der Waals surface area (Å²) < 4.78 is 7.58. The second-order valence-electron chi connectivity index (χ2n) is 3.21. The van der Waals surface area contributed by atoms with Crippen molar-refractivity contribution in [2.24, 2.45) is 0 Å². The molecule has 0 aliphatic rings. The van der Waals surface area contributed by atoms with Gasteiger partial charge in [0, 0.05) is 4.47 Å².